The highest BCUT2D eigenvalue weighted by Crippen LogP contribution is 2.53. The topological polar surface area (TPSA) is 74.5 Å². The van der Waals surface area contributed by atoms with E-state index in [4.69, 9.17) is 0 Å². The minimum absolute atomic E-state index is 0.606. The zero-order chi connectivity index (χ0) is 34.9. The van der Waals surface area contributed by atoms with Crippen molar-refractivity contribution in [2.75, 3.05) is 0 Å². The molecule has 1 aliphatic rings. The normalized spacial score (nSPS) is 15.1. The highest BCUT2D eigenvalue weighted by molar-refractivity contribution is 7.86. The molecule has 0 bridgehead atoms. The van der Waals surface area contributed by atoms with Crippen molar-refractivity contribution in [3.8, 4) is 34.6 Å². The van der Waals surface area contributed by atoms with E-state index in [2.05, 4.69) is 70.3 Å². The van der Waals surface area contributed by atoms with E-state index in [1.54, 1.807) is 0 Å². The van der Waals surface area contributed by atoms with E-state index in [0.29, 0.717) is 11.1 Å². The Balaban J connectivity index is 1.33. The van der Waals surface area contributed by atoms with Gasteiger partial charge in [0.15, 0.2) is 7.14 Å². The van der Waals surface area contributed by atoms with Crippen molar-refractivity contribution in [3.05, 3.63) is 162 Å². The molecule has 9 rings (SSSR count). The first-order valence-electron chi connectivity index (χ1n) is 16.7. The molecule has 0 N–H and O–H groups in total. The van der Waals surface area contributed by atoms with Crippen LogP contribution in [0.25, 0.3) is 67.4 Å². The first kappa shape index (κ1) is 30.4. The average Bonchev–Trinajstić information content (AvgIpc) is 3.78. The predicted molar refractivity (Wildman–Crippen MR) is 210 cm³/mol. The number of benzene rings is 6. The molecule has 51 heavy (non-hydrogen) atoms. The minimum Gasteiger partial charge on any atom is -0.309 e. The Bertz CT molecular complexity index is 2950. The molecule has 5 nitrogen and oxygen atoms in total. The lowest BCUT2D eigenvalue weighted by molar-refractivity contribution is 0.593. The van der Waals surface area contributed by atoms with Crippen LogP contribution in [0.5, 0.6) is 0 Å². The highest BCUT2D eigenvalue weighted by Gasteiger charge is 2.40. The molecule has 0 aliphatic carbocycles. The van der Waals surface area contributed by atoms with Crippen molar-refractivity contribution in [1.82, 2.24) is 9.13 Å². The summed E-state index contributed by atoms with van der Waals surface area (Å²) in [5.74, 6) is 0. The second kappa shape index (κ2) is 11.5. The molecule has 6 aromatic carbocycles. The second-order valence-corrected chi connectivity index (χ2v) is 15.5. The zero-order valence-corrected chi connectivity index (χ0v) is 28.6. The number of hydrogen-bond donors (Lipinski definition) is 0. The molecule has 6 heteroatoms. The van der Waals surface area contributed by atoms with E-state index in [1.165, 1.54) is 0 Å². The molecule has 1 aliphatic heterocycles. The van der Waals surface area contributed by atoms with Gasteiger partial charge in [0.25, 0.3) is 0 Å². The molecule has 8 aromatic rings. The number of hydrogen-bond acceptors (Lipinski definition) is 3. The number of aromatic nitrogens is 2. The Hall–Kier alpha value is -6.65. The van der Waals surface area contributed by atoms with Crippen LogP contribution in [0.1, 0.15) is 23.7 Å². The first-order valence-corrected chi connectivity index (χ1v) is 18.4. The van der Waals surface area contributed by atoms with Gasteiger partial charge in [0.1, 0.15) is 0 Å². The molecule has 240 valence electrons. The third kappa shape index (κ3) is 4.36. The lowest BCUT2D eigenvalue weighted by Crippen LogP contribution is -2.20. The van der Waals surface area contributed by atoms with E-state index in [0.717, 1.165) is 82.4 Å². The quantitative estimate of drug-likeness (QED) is 0.135. The number of nitrogens with zero attached hydrogens (tertiary/aromatic N) is 4. The third-order valence-corrected chi connectivity index (χ3v) is 13.2. The second-order valence-electron chi connectivity index (χ2n) is 12.8. The summed E-state index contributed by atoms with van der Waals surface area (Å²) in [6.45, 7) is 5.99. The van der Waals surface area contributed by atoms with Gasteiger partial charge in [-0.1, -0.05) is 73.3 Å². The molecule has 1 atom stereocenters. The van der Waals surface area contributed by atoms with Gasteiger partial charge in [0.05, 0.1) is 39.9 Å². The van der Waals surface area contributed by atoms with Gasteiger partial charge in [0, 0.05) is 54.6 Å². The van der Waals surface area contributed by atoms with E-state index >= 15 is 4.57 Å². The maximum absolute atomic E-state index is 15.6. The zero-order valence-electron chi connectivity index (χ0n) is 27.7. The van der Waals surface area contributed by atoms with Crippen LogP contribution in [0.2, 0.25) is 0 Å². The van der Waals surface area contributed by atoms with Crippen molar-refractivity contribution >= 4 is 67.9 Å². The molecule has 0 amide bonds. The van der Waals surface area contributed by atoms with Crippen molar-refractivity contribution in [2.24, 2.45) is 0 Å². The summed E-state index contributed by atoms with van der Waals surface area (Å²) in [7, 11) is -3.22. The molecule has 0 saturated carbocycles. The molecule has 2 aromatic heterocycles. The third-order valence-electron chi connectivity index (χ3n) is 10.0. The van der Waals surface area contributed by atoms with E-state index in [1.807, 2.05) is 110 Å². The number of para-hydroxylation sites is 2. The molecule has 0 radical (unpaired) electrons. The fraction of sp³-hybridized carbons (Fsp3) is 0.0222. The van der Waals surface area contributed by atoms with Gasteiger partial charge >= 0.3 is 0 Å². The van der Waals surface area contributed by atoms with Crippen molar-refractivity contribution in [3.63, 3.8) is 0 Å². The summed E-state index contributed by atoms with van der Waals surface area (Å²) in [5, 5.41) is 24.8. The Morgan fingerprint density at radius 3 is 1.90 bits per heavy atom. The number of nitriles is 2. The van der Waals surface area contributed by atoms with E-state index in [-0.39, 0.29) is 0 Å². The maximum Gasteiger partial charge on any atom is 0.172 e. The molecule has 0 spiro atoms. The van der Waals surface area contributed by atoms with Gasteiger partial charge in [-0.2, -0.15) is 10.5 Å². The summed E-state index contributed by atoms with van der Waals surface area (Å²) in [4.78, 5) is 0. The van der Waals surface area contributed by atoms with Gasteiger partial charge in [-0.05, 0) is 96.9 Å². The molecular weight excluding hydrogens is 643 g/mol. The maximum atomic E-state index is 15.6. The van der Waals surface area contributed by atoms with Gasteiger partial charge in [-0.3, -0.25) is 0 Å². The summed E-state index contributed by atoms with van der Waals surface area (Å²) in [5.41, 5.74) is 9.75. The standard InChI is InChI=1S/C45H29N4OP/c1-3-40-36(23-29(2)27-46)34-13-7-9-15-41(34)48(40)31-18-21-44-38(25-31)39-26-32(19-22-45(39)51(44,50)33-11-5-4-6-12-33)49-42-16-10-8-14-35(42)37-24-30(28-47)17-20-43(37)49/h3-26H,1H2,2H3/b29-23+. The highest BCUT2D eigenvalue weighted by atomic mass is 31.2. The Morgan fingerprint density at radius 2 is 1.25 bits per heavy atom. The summed E-state index contributed by atoms with van der Waals surface area (Å²) < 4.78 is 20.0. The predicted octanol–water partition coefficient (Wildman–Crippen LogP) is 9.79. The van der Waals surface area contributed by atoms with Crippen LogP contribution in [-0.2, 0) is 4.57 Å². The van der Waals surface area contributed by atoms with Crippen LogP contribution in [0.3, 0.4) is 0 Å². The van der Waals surface area contributed by atoms with Crippen molar-refractivity contribution in [1.29, 1.82) is 10.5 Å². The summed E-state index contributed by atoms with van der Waals surface area (Å²) in [6, 6.07) is 49.0. The van der Waals surface area contributed by atoms with Crippen LogP contribution in [-0.4, -0.2) is 9.13 Å². The van der Waals surface area contributed by atoms with Crippen LogP contribution in [0.15, 0.2) is 146 Å². The Morgan fingerprint density at radius 1 is 0.667 bits per heavy atom. The van der Waals surface area contributed by atoms with Gasteiger partial charge in [-0.25, -0.2) is 0 Å². The molecule has 0 saturated heterocycles. The van der Waals surface area contributed by atoms with Crippen LogP contribution in [0, 0.1) is 22.7 Å². The van der Waals surface area contributed by atoms with Gasteiger partial charge < -0.3 is 13.7 Å². The lowest BCUT2D eigenvalue weighted by Gasteiger charge is -2.17. The van der Waals surface area contributed by atoms with Crippen LogP contribution < -0.4 is 15.9 Å². The summed E-state index contributed by atoms with van der Waals surface area (Å²) >= 11 is 0. The first-order chi connectivity index (χ1) is 25.0. The Labute approximate surface area is 295 Å². The van der Waals surface area contributed by atoms with Gasteiger partial charge in [0.2, 0.25) is 0 Å². The van der Waals surface area contributed by atoms with E-state index < -0.39 is 7.14 Å². The van der Waals surface area contributed by atoms with E-state index in [9.17, 15) is 10.5 Å². The SMILES string of the molecule is C=Cc1c(/C=C(\C)C#N)c2ccccc2n1-c1ccc2c(c1)-c1cc(-n3c4ccccc4c4cc(C#N)ccc43)ccc1P2(=O)c1ccccc1. The van der Waals surface area contributed by atoms with Crippen LogP contribution >= 0.6 is 7.14 Å². The van der Waals surface area contributed by atoms with Crippen molar-refractivity contribution < 1.29 is 4.57 Å². The minimum atomic E-state index is -3.22. The monoisotopic (exact) mass is 672 g/mol. The Kier molecular flexibility index (Phi) is 6.84. The molecule has 1 unspecified atom stereocenters. The molecule has 3 heterocycles. The largest absolute Gasteiger partial charge is 0.309 e. The molecule has 0 fully saturated rings. The number of rotatable bonds is 5. The smallest absolute Gasteiger partial charge is 0.172 e. The van der Waals surface area contributed by atoms with Gasteiger partial charge in [-0.15, -0.1) is 0 Å². The fourth-order valence-corrected chi connectivity index (χ4v) is 10.9. The number of allylic oxidation sites excluding steroid dienone is 1. The lowest BCUT2D eigenvalue weighted by atomic mass is 10.0. The summed E-state index contributed by atoms with van der Waals surface area (Å²) in [6.07, 6.45) is 3.75. The fourth-order valence-electron chi connectivity index (χ4n) is 7.84. The number of fused-ring (bicyclic) bond motifs is 7. The van der Waals surface area contributed by atoms with Crippen molar-refractivity contribution in [2.45, 2.75) is 6.92 Å². The van der Waals surface area contributed by atoms with Crippen LogP contribution in [0.4, 0.5) is 0 Å². The molecular formula is C45H29N4OP. The average molecular weight is 673 g/mol.